The fourth-order valence-corrected chi connectivity index (χ4v) is 5.31. The zero-order valence-electron chi connectivity index (χ0n) is 19.3. The van der Waals surface area contributed by atoms with Crippen LogP contribution in [-0.2, 0) is 24.1 Å². The molecule has 1 atom stereocenters. The van der Waals surface area contributed by atoms with E-state index in [1.807, 2.05) is 60.4 Å². The number of anilines is 2. The highest BCUT2D eigenvalue weighted by Gasteiger charge is 2.31. The summed E-state index contributed by atoms with van der Waals surface area (Å²) in [6.45, 7) is 4.18. The number of nitrogens with zero attached hydrogens (tertiary/aromatic N) is 3. The Balaban J connectivity index is 1.71. The van der Waals surface area contributed by atoms with Crippen molar-refractivity contribution >= 4 is 29.0 Å². The number of carbonyl (C=O) groups is 1. The van der Waals surface area contributed by atoms with Crippen molar-refractivity contribution in [1.82, 2.24) is 4.98 Å². The maximum Gasteiger partial charge on any atom is 0.245 e. The molecule has 4 nitrogen and oxygen atoms in total. The number of amides is 1. The van der Waals surface area contributed by atoms with Crippen LogP contribution < -0.4 is 4.90 Å². The first kappa shape index (κ1) is 23.1. The number of pyridine rings is 1. The molecule has 1 amide bonds. The fourth-order valence-electron chi connectivity index (χ4n) is 4.26. The molecule has 0 bridgehead atoms. The second kappa shape index (κ2) is 10.7. The van der Waals surface area contributed by atoms with Crippen LogP contribution in [0, 0.1) is 11.3 Å². The first-order chi connectivity index (χ1) is 16.2. The van der Waals surface area contributed by atoms with Gasteiger partial charge < -0.3 is 0 Å². The maximum atomic E-state index is 14.1. The van der Waals surface area contributed by atoms with Crippen LogP contribution in [0.25, 0.3) is 0 Å². The first-order valence-electron chi connectivity index (χ1n) is 11.7. The number of rotatable bonds is 7. The summed E-state index contributed by atoms with van der Waals surface area (Å²) in [5, 5.41) is 9.97. The summed E-state index contributed by atoms with van der Waals surface area (Å²) >= 11 is 1.42. The van der Waals surface area contributed by atoms with Gasteiger partial charge in [-0.25, -0.2) is 4.98 Å². The Morgan fingerprint density at radius 3 is 2.24 bits per heavy atom. The number of benzene rings is 2. The largest absolute Gasteiger partial charge is 0.280 e. The summed E-state index contributed by atoms with van der Waals surface area (Å²) in [5.74, 6) is 0.0361. The topological polar surface area (TPSA) is 57.0 Å². The van der Waals surface area contributed by atoms with Crippen molar-refractivity contribution in [3.8, 4) is 6.07 Å². The standard InChI is InChI=1S/C28H29N3OS/c1-3-5-12-23-18-17-22(19-29)27(30-23)33-26(4-2)28(32)31-24-13-8-6-10-20(24)15-16-21-11-7-9-14-25(21)31/h6-11,13-14,17-18,26H,3-5,12,15-16H2,1-2H3. The number of aromatic nitrogens is 1. The molecule has 33 heavy (non-hydrogen) atoms. The molecule has 1 aliphatic heterocycles. The molecule has 2 heterocycles. The highest BCUT2D eigenvalue weighted by atomic mass is 32.2. The SMILES string of the molecule is CCCCc1ccc(C#N)c(SC(CC)C(=O)N2c3ccccc3CCc3ccccc32)n1. The molecule has 1 unspecified atom stereocenters. The minimum atomic E-state index is -0.342. The molecule has 0 radical (unpaired) electrons. The smallest absolute Gasteiger partial charge is 0.245 e. The molecule has 2 aromatic carbocycles. The maximum absolute atomic E-state index is 14.1. The number of carbonyl (C=O) groups excluding carboxylic acids is 1. The van der Waals surface area contributed by atoms with Gasteiger partial charge >= 0.3 is 0 Å². The van der Waals surface area contributed by atoms with Crippen molar-refractivity contribution in [1.29, 1.82) is 5.26 Å². The van der Waals surface area contributed by atoms with Gasteiger partial charge in [0.05, 0.1) is 22.2 Å². The minimum absolute atomic E-state index is 0.0361. The fraction of sp³-hybridized carbons (Fsp3) is 0.321. The van der Waals surface area contributed by atoms with Crippen LogP contribution in [0.15, 0.2) is 65.7 Å². The second-order valence-corrected chi connectivity index (χ2v) is 9.51. The summed E-state index contributed by atoms with van der Waals surface area (Å²) in [4.78, 5) is 20.7. The first-order valence-corrected chi connectivity index (χ1v) is 12.6. The Morgan fingerprint density at radius 2 is 1.67 bits per heavy atom. The van der Waals surface area contributed by atoms with Crippen molar-refractivity contribution in [2.75, 3.05) is 4.90 Å². The summed E-state index contributed by atoms with van der Waals surface area (Å²) < 4.78 is 0. The van der Waals surface area contributed by atoms with Gasteiger partial charge in [0, 0.05) is 5.69 Å². The van der Waals surface area contributed by atoms with Gasteiger partial charge in [-0.3, -0.25) is 9.69 Å². The number of para-hydroxylation sites is 2. The van der Waals surface area contributed by atoms with E-state index >= 15 is 0 Å². The Morgan fingerprint density at radius 1 is 1.03 bits per heavy atom. The van der Waals surface area contributed by atoms with Gasteiger partial charge in [-0.1, -0.05) is 68.4 Å². The highest BCUT2D eigenvalue weighted by molar-refractivity contribution is 8.00. The van der Waals surface area contributed by atoms with Gasteiger partial charge in [0.25, 0.3) is 0 Å². The average Bonchev–Trinajstić information content (AvgIpc) is 3.02. The number of hydrogen-bond acceptors (Lipinski definition) is 4. The Bertz CT molecular complexity index is 1140. The van der Waals surface area contributed by atoms with E-state index in [-0.39, 0.29) is 11.2 Å². The molecule has 0 saturated heterocycles. The van der Waals surface area contributed by atoms with Gasteiger partial charge in [0.15, 0.2) is 0 Å². The third kappa shape index (κ3) is 4.96. The number of nitriles is 1. The molecule has 168 valence electrons. The van der Waals surface area contributed by atoms with Crippen LogP contribution in [0.5, 0.6) is 0 Å². The van der Waals surface area contributed by atoms with E-state index in [2.05, 4.69) is 25.1 Å². The lowest BCUT2D eigenvalue weighted by atomic mass is 10.0. The number of unbranched alkanes of at least 4 members (excludes halogenated alkanes) is 1. The van der Waals surface area contributed by atoms with Gasteiger partial charge in [-0.15, -0.1) is 0 Å². The van der Waals surface area contributed by atoms with E-state index in [0.29, 0.717) is 17.0 Å². The van der Waals surface area contributed by atoms with Gasteiger partial charge in [-0.2, -0.15) is 5.26 Å². The molecule has 5 heteroatoms. The number of aryl methyl sites for hydroxylation is 3. The quantitative estimate of drug-likeness (QED) is 0.375. The lowest BCUT2D eigenvalue weighted by molar-refractivity contribution is -0.117. The third-order valence-corrected chi connectivity index (χ3v) is 7.43. The molecular weight excluding hydrogens is 426 g/mol. The normalized spacial score (nSPS) is 13.4. The van der Waals surface area contributed by atoms with Crippen LogP contribution in [0.4, 0.5) is 11.4 Å². The van der Waals surface area contributed by atoms with E-state index in [1.54, 1.807) is 0 Å². The Hall–Kier alpha value is -3.10. The molecule has 0 fully saturated rings. The molecule has 0 spiro atoms. The lowest BCUT2D eigenvalue weighted by Crippen LogP contribution is -2.34. The minimum Gasteiger partial charge on any atom is -0.280 e. The molecule has 1 aliphatic rings. The predicted molar refractivity (Wildman–Crippen MR) is 135 cm³/mol. The van der Waals surface area contributed by atoms with Gasteiger partial charge in [0.2, 0.25) is 5.91 Å². The summed E-state index contributed by atoms with van der Waals surface area (Å²) in [7, 11) is 0. The summed E-state index contributed by atoms with van der Waals surface area (Å²) in [5.41, 5.74) is 5.78. The molecule has 0 N–H and O–H groups in total. The van der Waals surface area contributed by atoms with Crippen LogP contribution >= 0.6 is 11.8 Å². The number of hydrogen-bond donors (Lipinski definition) is 0. The third-order valence-electron chi connectivity index (χ3n) is 6.07. The van der Waals surface area contributed by atoms with Gasteiger partial charge in [0.1, 0.15) is 11.1 Å². The molecular formula is C28H29N3OS. The van der Waals surface area contributed by atoms with E-state index in [4.69, 9.17) is 4.98 Å². The average molecular weight is 456 g/mol. The zero-order valence-corrected chi connectivity index (χ0v) is 20.1. The van der Waals surface area contributed by atoms with Crippen molar-refractivity contribution in [2.24, 2.45) is 0 Å². The molecule has 4 rings (SSSR count). The van der Waals surface area contributed by atoms with Crippen molar-refractivity contribution < 1.29 is 4.79 Å². The second-order valence-electron chi connectivity index (χ2n) is 8.32. The van der Waals surface area contributed by atoms with Crippen LogP contribution in [0.3, 0.4) is 0 Å². The number of thioether (sulfide) groups is 1. The summed E-state index contributed by atoms with van der Waals surface area (Å²) in [6.07, 6.45) is 5.49. The number of fused-ring (bicyclic) bond motifs is 2. The monoisotopic (exact) mass is 455 g/mol. The van der Waals surface area contributed by atoms with E-state index < -0.39 is 0 Å². The van der Waals surface area contributed by atoms with Crippen molar-refractivity contribution in [2.45, 2.75) is 62.6 Å². The van der Waals surface area contributed by atoms with E-state index in [1.165, 1.54) is 22.9 Å². The molecule has 1 aromatic heterocycles. The molecule has 0 saturated carbocycles. The van der Waals surface area contributed by atoms with Crippen molar-refractivity contribution in [3.63, 3.8) is 0 Å². The molecule has 3 aromatic rings. The lowest BCUT2D eigenvalue weighted by Gasteiger charge is -2.28. The van der Waals surface area contributed by atoms with Crippen LogP contribution in [0.1, 0.15) is 55.5 Å². The van der Waals surface area contributed by atoms with Crippen molar-refractivity contribution in [3.05, 3.63) is 83.0 Å². The highest BCUT2D eigenvalue weighted by Crippen LogP contribution is 2.39. The van der Waals surface area contributed by atoms with Crippen LogP contribution in [0.2, 0.25) is 0 Å². The van der Waals surface area contributed by atoms with E-state index in [9.17, 15) is 10.1 Å². The molecule has 0 aliphatic carbocycles. The summed E-state index contributed by atoms with van der Waals surface area (Å²) in [6, 6.07) is 22.4. The Kier molecular flexibility index (Phi) is 7.47. The predicted octanol–water partition coefficient (Wildman–Crippen LogP) is 6.63. The van der Waals surface area contributed by atoms with E-state index in [0.717, 1.165) is 49.2 Å². The van der Waals surface area contributed by atoms with Gasteiger partial charge in [-0.05, 0) is 67.5 Å². The van der Waals surface area contributed by atoms with Crippen LogP contribution in [-0.4, -0.2) is 16.1 Å². The zero-order chi connectivity index (χ0) is 23.2. The Labute approximate surface area is 200 Å².